The minimum absolute atomic E-state index is 0.205. The highest BCUT2D eigenvalue weighted by atomic mass is 35.5. The summed E-state index contributed by atoms with van der Waals surface area (Å²) < 4.78 is 49.1. The highest BCUT2D eigenvalue weighted by Crippen LogP contribution is 2.35. The maximum absolute atomic E-state index is 14.0. The molecule has 6 nitrogen and oxygen atoms in total. The van der Waals surface area contributed by atoms with Crippen molar-refractivity contribution in [3.8, 4) is 11.4 Å². The first-order valence-electron chi connectivity index (χ1n) is 11.2. The summed E-state index contributed by atoms with van der Waals surface area (Å²) in [7, 11) is 1.60. The Morgan fingerprint density at radius 2 is 1.94 bits per heavy atom. The van der Waals surface area contributed by atoms with Crippen LogP contribution < -0.4 is 4.74 Å². The van der Waals surface area contributed by atoms with Crippen LogP contribution in [0.3, 0.4) is 0 Å². The van der Waals surface area contributed by atoms with E-state index in [0.717, 1.165) is 34.7 Å². The van der Waals surface area contributed by atoms with E-state index in [1.165, 1.54) is 0 Å². The molecule has 5 rings (SSSR count). The van der Waals surface area contributed by atoms with Gasteiger partial charge in [0.05, 0.1) is 35.9 Å². The minimum Gasteiger partial charge on any atom is -0.495 e. The average molecular weight is 515 g/mol. The number of oxime groups is 1. The molecule has 0 radical (unpaired) electrons. The number of ether oxygens (including phenoxy) is 1. The van der Waals surface area contributed by atoms with Gasteiger partial charge in [-0.2, -0.15) is 0 Å². The van der Waals surface area contributed by atoms with E-state index in [-0.39, 0.29) is 12.2 Å². The Bertz CT molecular complexity index is 1390. The molecule has 0 bridgehead atoms. The highest BCUT2D eigenvalue weighted by Gasteiger charge is 2.31. The number of aromatic nitrogens is 2. The largest absolute Gasteiger partial charge is 0.495 e. The van der Waals surface area contributed by atoms with Crippen LogP contribution in [0.5, 0.6) is 5.75 Å². The lowest BCUT2D eigenvalue weighted by Crippen LogP contribution is -2.33. The predicted octanol–water partition coefficient (Wildman–Crippen LogP) is 5.95. The second-order valence-electron chi connectivity index (χ2n) is 8.55. The highest BCUT2D eigenvalue weighted by molar-refractivity contribution is 6.32. The van der Waals surface area contributed by atoms with Crippen LogP contribution in [0.1, 0.15) is 29.3 Å². The SMILES string of the molecule is COc1cc(CC2=CC(Cl)=CN3C2=NOCCC3c2cc(F)c(F)c(F)c2)ccc1-n1cnc(C)c1. The Hall–Kier alpha value is -3.72. The van der Waals surface area contributed by atoms with Crippen LogP contribution in [-0.4, -0.2) is 34.0 Å². The standard InChI is InChI=1S/C26H22ClF3N4O2/c1-15-12-33(14-31-15)23-4-3-16(8-24(23)35-2)7-18-9-19(27)13-34-22(5-6-36-32-26(18)34)17-10-20(28)25(30)21(29)11-17/h3-4,8-14,22H,5-7H2,1-2H3. The molecule has 0 fully saturated rings. The Kier molecular flexibility index (Phi) is 6.49. The normalized spacial score (nSPS) is 17.4. The summed E-state index contributed by atoms with van der Waals surface area (Å²) in [5, 5.41) is 4.69. The first-order valence-corrected chi connectivity index (χ1v) is 11.6. The zero-order chi connectivity index (χ0) is 25.4. The minimum atomic E-state index is -1.51. The van der Waals surface area contributed by atoms with Crippen molar-refractivity contribution in [3.63, 3.8) is 0 Å². The molecule has 1 atom stereocenters. The van der Waals surface area contributed by atoms with Gasteiger partial charge < -0.3 is 19.0 Å². The number of methoxy groups -OCH3 is 1. The third kappa shape index (κ3) is 4.58. The molecule has 186 valence electrons. The summed E-state index contributed by atoms with van der Waals surface area (Å²) in [6, 6.07) is 7.24. The lowest BCUT2D eigenvalue weighted by Gasteiger charge is -2.32. The van der Waals surface area contributed by atoms with Gasteiger partial charge in [0.25, 0.3) is 0 Å². The summed E-state index contributed by atoms with van der Waals surface area (Å²) in [6.07, 6.45) is 7.82. The molecule has 0 saturated heterocycles. The predicted molar refractivity (Wildman–Crippen MR) is 129 cm³/mol. The molecule has 0 aliphatic carbocycles. The lowest BCUT2D eigenvalue weighted by atomic mass is 9.96. The van der Waals surface area contributed by atoms with Crippen molar-refractivity contribution in [1.29, 1.82) is 0 Å². The van der Waals surface area contributed by atoms with Crippen LogP contribution in [0.4, 0.5) is 13.2 Å². The van der Waals surface area contributed by atoms with Crippen molar-refractivity contribution in [2.24, 2.45) is 5.16 Å². The Labute approximate surface area is 210 Å². The first-order chi connectivity index (χ1) is 17.3. The van der Waals surface area contributed by atoms with Crippen LogP contribution in [-0.2, 0) is 11.3 Å². The third-order valence-electron chi connectivity index (χ3n) is 6.10. The topological polar surface area (TPSA) is 51.9 Å². The third-order valence-corrected chi connectivity index (χ3v) is 6.30. The van der Waals surface area contributed by atoms with E-state index in [2.05, 4.69) is 10.1 Å². The molecule has 1 aromatic heterocycles. The summed E-state index contributed by atoms with van der Waals surface area (Å²) in [6.45, 7) is 2.12. The molecule has 2 aliphatic heterocycles. The van der Waals surface area contributed by atoms with Gasteiger partial charge in [0.2, 0.25) is 0 Å². The van der Waals surface area contributed by atoms with Gasteiger partial charge in [-0.15, -0.1) is 0 Å². The van der Waals surface area contributed by atoms with E-state index in [0.29, 0.717) is 29.5 Å². The van der Waals surface area contributed by atoms with Gasteiger partial charge in [-0.3, -0.25) is 0 Å². The molecule has 10 heteroatoms. The Morgan fingerprint density at radius 1 is 1.17 bits per heavy atom. The van der Waals surface area contributed by atoms with Crippen LogP contribution in [0.15, 0.2) is 70.9 Å². The fraction of sp³-hybridized carbons (Fsp3) is 0.231. The molecule has 36 heavy (non-hydrogen) atoms. The molecule has 1 unspecified atom stereocenters. The number of hydrogen-bond acceptors (Lipinski definition) is 5. The zero-order valence-electron chi connectivity index (χ0n) is 19.5. The maximum Gasteiger partial charge on any atom is 0.194 e. The van der Waals surface area contributed by atoms with E-state index in [1.54, 1.807) is 30.6 Å². The second kappa shape index (κ2) is 9.73. The lowest BCUT2D eigenvalue weighted by molar-refractivity contribution is 0.141. The number of fused-ring (bicyclic) bond motifs is 1. The van der Waals surface area contributed by atoms with Gasteiger partial charge >= 0.3 is 0 Å². The number of aryl methyl sites for hydroxylation is 1. The van der Waals surface area contributed by atoms with Gasteiger partial charge in [-0.1, -0.05) is 22.8 Å². The van der Waals surface area contributed by atoms with Gasteiger partial charge in [-0.05, 0) is 48.4 Å². The molecule has 2 aromatic carbocycles. The maximum atomic E-state index is 14.0. The number of hydrogen-bond donors (Lipinski definition) is 0. The van der Waals surface area contributed by atoms with Crippen molar-refractivity contribution in [1.82, 2.24) is 14.5 Å². The number of halogens is 4. The number of benzene rings is 2. The fourth-order valence-corrected chi connectivity index (χ4v) is 4.66. The number of allylic oxidation sites excluding steroid dienone is 2. The zero-order valence-corrected chi connectivity index (χ0v) is 20.3. The number of rotatable bonds is 5. The second-order valence-corrected chi connectivity index (χ2v) is 8.98. The van der Waals surface area contributed by atoms with Crippen LogP contribution >= 0.6 is 11.6 Å². The molecule has 3 aromatic rings. The van der Waals surface area contributed by atoms with Gasteiger partial charge in [0.1, 0.15) is 12.4 Å². The molecular formula is C26H22ClF3N4O2. The molecule has 3 heterocycles. The van der Waals surface area contributed by atoms with E-state index in [9.17, 15) is 13.2 Å². The van der Waals surface area contributed by atoms with E-state index in [4.69, 9.17) is 21.2 Å². The van der Waals surface area contributed by atoms with Gasteiger partial charge in [0, 0.05) is 30.8 Å². The average Bonchev–Trinajstić information content (AvgIpc) is 3.17. The Morgan fingerprint density at radius 3 is 2.64 bits per heavy atom. The van der Waals surface area contributed by atoms with Crippen molar-refractivity contribution in [2.75, 3.05) is 13.7 Å². The molecule has 0 N–H and O–H groups in total. The molecule has 0 amide bonds. The van der Waals surface area contributed by atoms with Crippen LogP contribution in [0.25, 0.3) is 5.69 Å². The quantitative estimate of drug-likeness (QED) is 0.395. The number of imidazole rings is 1. The summed E-state index contributed by atoms with van der Waals surface area (Å²) >= 11 is 6.46. The number of amidine groups is 1. The number of nitrogens with zero attached hydrogens (tertiary/aromatic N) is 4. The van der Waals surface area contributed by atoms with E-state index in [1.807, 2.05) is 35.9 Å². The summed E-state index contributed by atoms with van der Waals surface area (Å²) in [5.41, 5.74) is 3.65. The van der Waals surface area contributed by atoms with Gasteiger partial charge in [-0.25, -0.2) is 18.2 Å². The Balaban J connectivity index is 1.47. The van der Waals surface area contributed by atoms with Gasteiger partial charge in [0.15, 0.2) is 23.3 Å². The van der Waals surface area contributed by atoms with Crippen molar-refractivity contribution < 1.29 is 22.7 Å². The molecular weight excluding hydrogens is 493 g/mol. The molecule has 2 aliphatic rings. The van der Waals surface area contributed by atoms with Crippen LogP contribution in [0.2, 0.25) is 0 Å². The summed E-state index contributed by atoms with van der Waals surface area (Å²) in [5.74, 6) is -2.89. The van der Waals surface area contributed by atoms with E-state index < -0.39 is 23.5 Å². The fourth-order valence-electron chi connectivity index (χ4n) is 4.42. The molecule has 0 spiro atoms. The van der Waals surface area contributed by atoms with Crippen molar-refractivity contribution in [3.05, 3.63) is 100 Å². The monoisotopic (exact) mass is 514 g/mol. The summed E-state index contributed by atoms with van der Waals surface area (Å²) in [4.78, 5) is 11.5. The molecule has 0 saturated carbocycles. The van der Waals surface area contributed by atoms with Crippen LogP contribution in [0, 0.1) is 24.4 Å². The van der Waals surface area contributed by atoms with Crippen molar-refractivity contribution in [2.45, 2.75) is 25.8 Å². The first kappa shape index (κ1) is 24.0. The van der Waals surface area contributed by atoms with E-state index >= 15 is 0 Å². The van der Waals surface area contributed by atoms with Crippen molar-refractivity contribution >= 4 is 17.4 Å². The smallest absolute Gasteiger partial charge is 0.194 e.